The summed E-state index contributed by atoms with van der Waals surface area (Å²) in [4.78, 5) is 8.01. The fourth-order valence-corrected chi connectivity index (χ4v) is 1.19. The van der Waals surface area contributed by atoms with Gasteiger partial charge in [-0.05, 0) is 19.1 Å². The summed E-state index contributed by atoms with van der Waals surface area (Å²) in [5, 5.41) is 0.928. The highest BCUT2D eigenvalue weighted by Crippen LogP contribution is 2.17. The molecule has 0 aliphatic rings. The van der Waals surface area contributed by atoms with E-state index in [0.29, 0.717) is 5.82 Å². The number of hydrogen-bond acceptors (Lipinski definition) is 3. The SMILES string of the molecule is CC.Cc1ccc2ncnc(N)c2c1. The lowest BCUT2D eigenvalue weighted by Gasteiger charge is -1.99. The second kappa shape index (κ2) is 4.56. The highest BCUT2D eigenvalue weighted by molar-refractivity contribution is 5.88. The number of nitrogens with two attached hydrogens (primary N) is 1. The van der Waals surface area contributed by atoms with Gasteiger partial charge in [-0.2, -0.15) is 0 Å². The van der Waals surface area contributed by atoms with Crippen molar-refractivity contribution in [2.75, 3.05) is 5.73 Å². The highest BCUT2D eigenvalue weighted by atomic mass is 14.9. The van der Waals surface area contributed by atoms with Gasteiger partial charge in [0.1, 0.15) is 12.1 Å². The molecule has 1 aromatic heterocycles. The Morgan fingerprint density at radius 2 is 1.86 bits per heavy atom. The van der Waals surface area contributed by atoms with Crippen LogP contribution in [0.3, 0.4) is 0 Å². The van der Waals surface area contributed by atoms with Gasteiger partial charge < -0.3 is 5.73 Å². The highest BCUT2D eigenvalue weighted by Gasteiger charge is 1.98. The molecule has 0 bridgehead atoms. The van der Waals surface area contributed by atoms with E-state index in [0.717, 1.165) is 10.9 Å². The summed E-state index contributed by atoms with van der Waals surface area (Å²) in [5.74, 6) is 0.545. The molecule has 0 unspecified atom stereocenters. The minimum atomic E-state index is 0.545. The van der Waals surface area contributed by atoms with Gasteiger partial charge in [0.15, 0.2) is 0 Å². The number of hydrogen-bond donors (Lipinski definition) is 1. The molecule has 0 spiro atoms. The maximum Gasteiger partial charge on any atom is 0.134 e. The predicted molar refractivity (Wildman–Crippen MR) is 60.0 cm³/mol. The van der Waals surface area contributed by atoms with Crippen LogP contribution in [0.5, 0.6) is 0 Å². The summed E-state index contributed by atoms with van der Waals surface area (Å²) in [5.41, 5.74) is 7.74. The van der Waals surface area contributed by atoms with Gasteiger partial charge in [-0.25, -0.2) is 9.97 Å². The van der Waals surface area contributed by atoms with Crippen LogP contribution in [-0.4, -0.2) is 9.97 Å². The summed E-state index contributed by atoms with van der Waals surface area (Å²) in [6.07, 6.45) is 1.48. The van der Waals surface area contributed by atoms with Crippen molar-refractivity contribution in [3.8, 4) is 0 Å². The normalized spacial score (nSPS) is 9.36. The van der Waals surface area contributed by atoms with Gasteiger partial charge in [0, 0.05) is 5.39 Å². The molecule has 1 aromatic carbocycles. The predicted octanol–water partition coefficient (Wildman–Crippen LogP) is 2.55. The van der Waals surface area contributed by atoms with Crippen LogP contribution < -0.4 is 5.73 Å². The lowest BCUT2D eigenvalue weighted by molar-refractivity contribution is 1.23. The maximum absolute atomic E-state index is 5.67. The van der Waals surface area contributed by atoms with Crippen molar-refractivity contribution in [1.82, 2.24) is 9.97 Å². The van der Waals surface area contributed by atoms with E-state index in [1.807, 2.05) is 39.0 Å². The third-order valence-corrected chi connectivity index (χ3v) is 1.82. The summed E-state index contributed by atoms with van der Waals surface area (Å²) in [6, 6.07) is 5.95. The lowest BCUT2D eigenvalue weighted by atomic mass is 10.1. The topological polar surface area (TPSA) is 51.8 Å². The maximum atomic E-state index is 5.67. The van der Waals surface area contributed by atoms with Gasteiger partial charge in [-0.1, -0.05) is 25.5 Å². The first-order valence-electron chi connectivity index (χ1n) is 4.74. The lowest BCUT2D eigenvalue weighted by Crippen LogP contribution is -1.92. The Morgan fingerprint density at radius 1 is 1.14 bits per heavy atom. The Hall–Kier alpha value is -1.64. The molecule has 14 heavy (non-hydrogen) atoms. The van der Waals surface area contributed by atoms with E-state index in [2.05, 4.69) is 9.97 Å². The molecule has 0 radical (unpaired) electrons. The molecule has 0 aliphatic heterocycles. The zero-order valence-corrected chi connectivity index (χ0v) is 8.78. The number of rotatable bonds is 0. The van der Waals surface area contributed by atoms with Crippen molar-refractivity contribution >= 4 is 16.7 Å². The van der Waals surface area contributed by atoms with E-state index in [4.69, 9.17) is 5.73 Å². The monoisotopic (exact) mass is 189 g/mol. The van der Waals surface area contributed by atoms with Crippen molar-refractivity contribution in [1.29, 1.82) is 0 Å². The van der Waals surface area contributed by atoms with Crippen LogP contribution in [0.15, 0.2) is 24.5 Å². The van der Waals surface area contributed by atoms with Crippen molar-refractivity contribution < 1.29 is 0 Å². The number of aromatic nitrogens is 2. The molecule has 1 heterocycles. The van der Waals surface area contributed by atoms with Crippen LogP contribution >= 0.6 is 0 Å². The minimum Gasteiger partial charge on any atom is -0.383 e. The molecule has 2 rings (SSSR count). The first kappa shape index (κ1) is 10.4. The largest absolute Gasteiger partial charge is 0.383 e. The molecule has 74 valence electrons. The zero-order valence-electron chi connectivity index (χ0n) is 8.78. The molecule has 0 saturated heterocycles. The number of anilines is 1. The number of benzene rings is 1. The van der Waals surface area contributed by atoms with Gasteiger partial charge in [0.2, 0.25) is 0 Å². The molecule has 0 saturated carbocycles. The van der Waals surface area contributed by atoms with Crippen LogP contribution in [0.4, 0.5) is 5.82 Å². The van der Waals surface area contributed by atoms with Gasteiger partial charge >= 0.3 is 0 Å². The van der Waals surface area contributed by atoms with E-state index in [1.54, 1.807) is 0 Å². The van der Waals surface area contributed by atoms with Crippen molar-refractivity contribution in [2.24, 2.45) is 0 Å². The standard InChI is InChI=1S/C9H9N3.C2H6/c1-6-2-3-8-7(4-6)9(10)12-5-11-8;1-2/h2-5H,1H3,(H2,10,11,12);1-2H3. The third-order valence-electron chi connectivity index (χ3n) is 1.82. The molecule has 2 aromatic rings. The number of nitrogen functional groups attached to an aromatic ring is 1. The van der Waals surface area contributed by atoms with Crippen LogP contribution in [0.25, 0.3) is 10.9 Å². The van der Waals surface area contributed by atoms with E-state index in [-0.39, 0.29) is 0 Å². The van der Waals surface area contributed by atoms with Crippen LogP contribution in [0.2, 0.25) is 0 Å². The molecule has 0 aliphatic carbocycles. The minimum absolute atomic E-state index is 0.545. The first-order valence-corrected chi connectivity index (χ1v) is 4.74. The second-order valence-corrected chi connectivity index (χ2v) is 2.78. The number of aryl methyl sites for hydroxylation is 1. The Kier molecular flexibility index (Phi) is 3.40. The molecule has 2 N–H and O–H groups in total. The molecule has 3 heteroatoms. The van der Waals surface area contributed by atoms with Gasteiger partial charge in [0.05, 0.1) is 5.52 Å². The fraction of sp³-hybridized carbons (Fsp3) is 0.273. The van der Waals surface area contributed by atoms with Gasteiger partial charge in [-0.3, -0.25) is 0 Å². The third kappa shape index (κ3) is 1.99. The van der Waals surface area contributed by atoms with Gasteiger partial charge in [-0.15, -0.1) is 0 Å². The van der Waals surface area contributed by atoms with E-state index in [1.165, 1.54) is 11.9 Å². The number of fused-ring (bicyclic) bond motifs is 1. The fourth-order valence-electron chi connectivity index (χ4n) is 1.19. The molecule has 3 nitrogen and oxygen atoms in total. The Balaban J connectivity index is 0.000000461. The van der Waals surface area contributed by atoms with Gasteiger partial charge in [0.25, 0.3) is 0 Å². The quantitative estimate of drug-likeness (QED) is 0.692. The Morgan fingerprint density at radius 3 is 2.57 bits per heavy atom. The van der Waals surface area contributed by atoms with Crippen LogP contribution in [0, 0.1) is 6.92 Å². The Labute approximate surface area is 84.0 Å². The molecular formula is C11H15N3. The second-order valence-electron chi connectivity index (χ2n) is 2.78. The molecule has 0 amide bonds. The first-order chi connectivity index (χ1) is 6.77. The molecular weight excluding hydrogens is 174 g/mol. The van der Waals surface area contributed by atoms with E-state index in [9.17, 15) is 0 Å². The smallest absolute Gasteiger partial charge is 0.134 e. The average molecular weight is 189 g/mol. The summed E-state index contributed by atoms with van der Waals surface area (Å²) in [6.45, 7) is 6.02. The van der Waals surface area contributed by atoms with E-state index < -0.39 is 0 Å². The summed E-state index contributed by atoms with van der Waals surface area (Å²) in [7, 11) is 0. The average Bonchev–Trinajstić information content (AvgIpc) is 2.22. The van der Waals surface area contributed by atoms with Crippen LogP contribution in [-0.2, 0) is 0 Å². The Bertz CT molecular complexity index is 424. The summed E-state index contributed by atoms with van der Waals surface area (Å²) >= 11 is 0. The van der Waals surface area contributed by atoms with Crippen molar-refractivity contribution in [3.63, 3.8) is 0 Å². The zero-order chi connectivity index (χ0) is 10.6. The summed E-state index contributed by atoms with van der Waals surface area (Å²) < 4.78 is 0. The van der Waals surface area contributed by atoms with E-state index >= 15 is 0 Å². The van der Waals surface area contributed by atoms with Crippen molar-refractivity contribution in [3.05, 3.63) is 30.1 Å². The van der Waals surface area contributed by atoms with Crippen LogP contribution in [0.1, 0.15) is 19.4 Å². The van der Waals surface area contributed by atoms with Crippen molar-refractivity contribution in [2.45, 2.75) is 20.8 Å². The number of nitrogens with zero attached hydrogens (tertiary/aromatic N) is 2. The molecule has 0 atom stereocenters. The molecule has 0 fully saturated rings.